The molecule has 1 heterocycles. The predicted molar refractivity (Wildman–Crippen MR) is 38.4 cm³/mol. The highest BCUT2D eigenvalue weighted by molar-refractivity contribution is 5.48. The highest BCUT2D eigenvalue weighted by atomic mass is 19.1. The van der Waals surface area contributed by atoms with Gasteiger partial charge < -0.3 is 14.6 Å². The molecule has 0 saturated carbocycles. The van der Waals surface area contributed by atoms with Gasteiger partial charge in [-0.2, -0.15) is 0 Å². The Labute approximate surface area is 68.3 Å². The summed E-state index contributed by atoms with van der Waals surface area (Å²) in [6.07, 6.45) is 0. The van der Waals surface area contributed by atoms with E-state index >= 15 is 0 Å². The molecule has 1 aliphatic rings. The molecule has 0 saturated heterocycles. The van der Waals surface area contributed by atoms with Crippen molar-refractivity contribution in [2.24, 2.45) is 0 Å². The summed E-state index contributed by atoms with van der Waals surface area (Å²) in [6, 6.07) is 2.73. The topological polar surface area (TPSA) is 38.7 Å². The minimum absolute atomic E-state index is 0.0891. The summed E-state index contributed by atoms with van der Waals surface area (Å²) in [5, 5.41) is 8.81. The third-order valence-corrected chi connectivity index (χ3v) is 1.74. The molecule has 0 radical (unpaired) electrons. The molecule has 0 amide bonds. The Bertz CT molecular complexity index is 311. The minimum atomic E-state index is -0.471. The molecular formula is C8H7FO3. The van der Waals surface area contributed by atoms with E-state index in [1.54, 1.807) is 0 Å². The van der Waals surface area contributed by atoms with E-state index in [1.807, 2.05) is 0 Å². The zero-order chi connectivity index (χ0) is 8.55. The third kappa shape index (κ3) is 0.921. The number of ether oxygens (including phenoxy) is 2. The molecule has 0 bridgehead atoms. The smallest absolute Gasteiger partial charge is 0.231 e. The predicted octanol–water partition coefficient (Wildman–Crippen LogP) is 1.05. The number of halogens is 1. The number of aliphatic hydroxyl groups excluding tert-OH is 1. The molecule has 1 aromatic carbocycles. The molecule has 0 aromatic heterocycles. The Kier molecular flexibility index (Phi) is 1.62. The summed E-state index contributed by atoms with van der Waals surface area (Å²) in [5.74, 6) is 0.333. The van der Waals surface area contributed by atoms with Crippen molar-refractivity contribution in [2.45, 2.75) is 6.61 Å². The normalized spacial score (nSPS) is 13.5. The maximum Gasteiger partial charge on any atom is 0.231 e. The standard InChI is InChI=1S/C8H7FO3/c9-6-1-2-7-8(5(6)3-10)12-4-11-7/h1-2,10H,3-4H2. The Morgan fingerprint density at radius 1 is 1.42 bits per heavy atom. The van der Waals surface area contributed by atoms with Gasteiger partial charge >= 0.3 is 0 Å². The van der Waals surface area contributed by atoms with E-state index in [4.69, 9.17) is 14.6 Å². The van der Waals surface area contributed by atoms with Gasteiger partial charge in [0.25, 0.3) is 0 Å². The fourth-order valence-electron chi connectivity index (χ4n) is 1.15. The molecule has 1 N–H and O–H groups in total. The lowest BCUT2D eigenvalue weighted by atomic mass is 10.2. The fourth-order valence-corrected chi connectivity index (χ4v) is 1.15. The van der Waals surface area contributed by atoms with Gasteiger partial charge in [0.15, 0.2) is 11.5 Å². The number of benzene rings is 1. The first kappa shape index (κ1) is 7.36. The first-order valence-corrected chi connectivity index (χ1v) is 3.51. The van der Waals surface area contributed by atoms with E-state index in [2.05, 4.69) is 0 Å². The highest BCUT2D eigenvalue weighted by Crippen LogP contribution is 2.36. The maximum atomic E-state index is 12.9. The van der Waals surface area contributed by atoms with Gasteiger partial charge in [0.05, 0.1) is 12.2 Å². The average Bonchev–Trinajstić information content (AvgIpc) is 2.52. The molecule has 0 aliphatic carbocycles. The van der Waals surface area contributed by atoms with Gasteiger partial charge in [-0.1, -0.05) is 0 Å². The summed E-state index contributed by atoms with van der Waals surface area (Å²) in [6.45, 7) is -0.288. The lowest BCUT2D eigenvalue weighted by Crippen LogP contribution is -1.95. The number of rotatable bonds is 1. The number of aliphatic hydroxyl groups is 1. The monoisotopic (exact) mass is 170 g/mol. The van der Waals surface area contributed by atoms with Gasteiger partial charge in [0.2, 0.25) is 6.79 Å². The lowest BCUT2D eigenvalue weighted by molar-refractivity contribution is 0.170. The van der Waals surface area contributed by atoms with Crippen LogP contribution >= 0.6 is 0 Å². The van der Waals surface area contributed by atoms with Crippen LogP contribution in [-0.2, 0) is 6.61 Å². The van der Waals surface area contributed by atoms with Crippen molar-refractivity contribution < 1.29 is 19.0 Å². The summed E-state index contributed by atoms with van der Waals surface area (Å²) in [7, 11) is 0. The van der Waals surface area contributed by atoms with Crippen LogP contribution in [0.25, 0.3) is 0 Å². The molecule has 0 fully saturated rings. The van der Waals surface area contributed by atoms with Gasteiger partial charge in [-0.25, -0.2) is 4.39 Å². The van der Waals surface area contributed by atoms with E-state index in [1.165, 1.54) is 12.1 Å². The van der Waals surface area contributed by atoms with Crippen molar-refractivity contribution in [3.63, 3.8) is 0 Å². The zero-order valence-corrected chi connectivity index (χ0v) is 6.21. The summed E-state index contributed by atoms with van der Waals surface area (Å²) in [4.78, 5) is 0. The largest absolute Gasteiger partial charge is 0.454 e. The second-order valence-corrected chi connectivity index (χ2v) is 2.42. The minimum Gasteiger partial charge on any atom is -0.454 e. The molecule has 4 heteroatoms. The van der Waals surface area contributed by atoms with Gasteiger partial charge in [0, 0.05) is 0 Å². The van der Waals surface area contributed by atoms with Crippen LogP contribution < -0.4 is 9.47 Å². The van der Waals surface area contributed by atoms with Crippen LogP contribution in [0.1, 0.15) is 5.56 Å². The van der Waals surface area contributed by atoms with Crippen LogP contribution in [0, 0.1) is 5.82 Å². The molecular weight excluding hydrogens is 163 g/mol. The van der Waals surface area contributed by atoms with E-state index in [0.717, 1.165) is 0 Å². The molecule has 2 rings (SSSR count). The Morgan fingerprint density at radius 2 is 2.25 bits per heavy atom. The van der Waals surface area contributed by atoms with Crippen LogP contribution in [0.2, 0.25) is 0 Å². The first-order chi connectivity index (χ1) is 5.83. The molecule has 1 aromatic rings. The molecule has 0 spiro atoms. The Balaban J connectivity index is 2.57. The molecule has 0 atom stereocenters. The number of fused-ring (bicyclic) bond motifs is 1. The zero-order valence-electron chi connectivity index (χ0n) is 6.21. The van der Waals surface area contributed by atoms with Crippen molar-refractivity contribution >= 4 is 0 Å². The summed E-state index contributed by atoms with van der Waals surface area (Å²) < 4.78 is 22.9. The van der Waals surface area contributed by atoms with Crippen molar-refractivity contribution in [2.75, 3.05) is 6.79 Å². The van der Waals surface area contributed by atoms with E-state index in [9.17, 15) is 4.39 Å². The number of hydrogen-bond acceptors (Lipinski definition) is 3. The fraction of sp³-hybridized carbons (Fsp3) is 0.250. The van der Waals surface area contributed by atoms with Gasteiger partial charge in [-0.3, -0.25) is 0 Å². The van der Waals surface area contributed by atoms with E-state index in [0.29, 0.717) is 11.5 Å². The van der Waals surface area contributed by atoms with Crippen LogP contribution in [0.15, 0.2) is 12.1 Å². The van der Waals surface area contributed by atoms with E-state index < -0.39 is 5.82 Å². The van der Waals surface area contributed by atoms with E-state index in [-0.39, 0.29) is 19.0 Å². The van der Waals surface area contributed by atoms with Gasteiger partial charge in [0.1, 0.15) is 5.82 Å². The van der Waals surface area contributed by atoms with Gasteiger partial charge in [-0.15, -0.1) is 0 Å². The maximum absolute atomic E-state index is 12.9. The van der Waals surface area contributed by atoms with Crippen molar-refractivity contribution in [1.29, 1.82) is 0 Å². The number of hydrogen-bond donors (Lipinski definition) is 1. The molecule has 64 valence electrons. The quantitative estimate of drug-likeness (QED) is 0.684. The van der Waals surface area contributed by atoms with Gasteiger partial charge in [-0.05, 0) is 12.1 Å². The van der Waals surface area contributed by atoms with Crippen LogP contribution in [-0.4, -0.2) is 11.9 Å². The SMILES string of the molecule is OCc1c(F)ccc2c1OCO2. The Hall–Kier alpha value is -1.29. The van der Waals surface area contributed by atoms with Crippen molar-refractivity contribution in [1.82, 2.24) is 0 Å². The van der Waals surface area contributed by atoms with Crippen molar-refractivity contribution in [3.05, 3.63) is 23.5 Å². The summed E-state index contributed by atoms with van der Waals surface area (Å²) in [5.41, 5.74) is 0.157. The average molecular weight is 170 g/mol. The van der Waals surface area contributed by atoms with Crippen LogP contribution in [0.3, 0.4) is 0 Å². The lowest BCUT2D eigenvalue weighted by Gasteiger charge is -2.02. The summed E-state index contributed by atoms with van der Waals surface area (Å²) >= 11 is 0. The van der Waals surface area contributed by atoms with Crippen LogP contribution in [0.4, 0.5) is 4.39 Å². The molecule has 0 unspecified atom stereocenters. The van der Waals surface area contributed by atoms with Crippen molar-refractivity contribution in [3.8, 4) is 11.5 Å². The molecule has 1 aliphatic heterocycles. The van der Waals surface area contributed by atoms with Crippen LogP contribution in [0.5, 0.6) is 11.5 Å². The third-order valence-electron chi connectivity index (χ3n) is 1.74. The molecule has 3 nitrogen and oxygen atoms in total. The Morgan fingerprint density at radius 3 is 3.00 bits per heavy atom. The molecule has 12 heavy (non-hydrogen) atoms. The second-order valence-electron chi connectivity index (χ2n) is 2.42. The first-order valence-electron chi connectivity index (χ1n) is 3.51. The highest BCUT2D eigenvalue weighted by Gasteiger charge is 2.19. The second kappa shape index (κ2) is 2.64.